The molecule has 0 radical (unpaired) electrons. The summed E-state index contributed by atoms with van der Waals surface area (Å²) in [6.45, 7) is 1.92. The maximum Gasteiger partial charge on any atom is 0.335 e. The van der Waals surface area contributed by atoms with Crippen molar-refractivity contribution in [2.45, 2.75) is 19.8 Å². The van der Waals surface area contributed by atoms with Gasteiger partial charge in [-0.2, -0.15) is 0 Å². The molecule has 0 aromatic heterocycles. The lowest BCUT2D eigenvalue weighted by molar-refractivity contribution is -0.268. The van der Waals surface area contributed by atoms with Gasteiger partial charge < -0.3 is 10.2 Å². The van der Waals surface area contributed by atoms with Crippen LogP contribution in [-0.2, 0) is 10.0 Å². The zero-order chi connectivity index (χ0) is 15.6. The molecule has 0 unspecified atom stereocenters. The van der Waals surface area contributed by atoms with Gasteiger partial charge in [0.05, 0.1) is 10.5 Å². The van der Waals surface area contributed by atoms with Crippen molar-refractivity contribution in [3.05, 3.63) is 46.4 Å². The average Bonchev–Trinajstić information content (AvgIpc) is 2.41. The van der Waals surface area contributed by atoms with Gasteiger partial charge in [-0.3, -0.25) is 4.72 Å². The number of carbonyl (C=O) groups is 1. The topological polar surface area (TPSA) is 107 Å². The summed E-state index contributed by atoms with van der Waals surface area (Å²) < 4.78 is 26.7. The first-order valence-corrected chi connectivity index (χ1v) is 7.71. The zero-order valence-corrected chi connectivity index (χ0v) is 12.1. The summed E-state index contributed by atoms with van der Waals surface area (Å²) in [6.07, 6.45) is 4.32. The number of carboxylic acids is 1. The van der Waals surface area contributed by atoms with E-state index in [9.17, 15) is 18.3 Å². The predicted molar refractivity (Wildman–Crippen MR) is 76.5 cm³/mol. The van der Waals surface area contributed by atoms with Crippen LogP contribution in [-0.4, -0.2) is 19.5 Å². The van der Waals surface area contributed by atoms with Gasteiger partial charge in [0.1, 0.15) is 0 Å². The predicted octanol–water partition coefficient (Wildman–Crippen LogP) is 1.82. The highest BCUT2D eigenvalue weighted by Crippen LogP contribution is 2.26. The van der Waals surface area contributed by atoms with Gasteiger partial charge in [-0.05, 0) is 38.0 Å². The summed E-state index contributed by atoms with van der Waals surface area (Å²) in [5, 5.41) is 20.2. The summed E-state index contributed by atoms with van der Waals surface area (Å²) in [6, 6.07) is 3.30. The highest BCUT2D eigenvalue weighted by molar-refractivity contribution is 7.96. The van der Waals surface area contributed by atoms with Crippen LogP contribution in [0, 0.1) is 0 Å². The Labute approximate surface area is 122 Å². The minimum Gasteiger partial charge on any atom is -0.872 e. The molecule has 1 aliphatic carbocycles. The van der Waals surface area contributed by atoms with Crippen molar-refractivity contribution < 1.29 is 23.4 Å². The molecule has 0 saturated heterocycles. The Balaban J connectivity index is 2.29. The van der Waals surface area contributed by atoms with Gasteiger partial charge in [0.15, 0.2) is 0 Å². The van der Waals surface area contributed by atoms with E-state index in [0.29, 0.717) is 12.8 Å². The van der Waals surface area contributed by atoms with Crippen molar-refractivity contribution in [2.75, 3.05) is 4.72 Å². The molecule has 7 heteroatoms. The second-order valence-corrected chi connectivity index (χ2v) is 6.50. The van der Waals surface area contributed by atoms with Gasteiger partial charge in [0, 0.05) is 5.69 Å². The number of aromatic carboxylic acids is 1. The number of sulfonamides is 1. The van der Waals surface area contributed by atoms with Crippen LogP contribution in [0.25, 0.3) is 0 Å². The molecule has 2 rings (SSSR count). The van der Waals surface area contributed by atoms with Gasteiger partial charge in [0.2, 0.25) is 0 Å². The van der Waals surface area contributed by atoms with E-state index in [4.69, 9.17) is 5.11 Å². The fourth-order valence-electron chi connectivity index (χ4n) is 1.93. The third kappa shape index (κ3) is 3.43. The highest BCUT2D eigenvalue weighted by Gasteiger charge is 2.19. The monoisotopic (exact) mass is 308 g/mol. The molecule has 0 atom stereocenters. The first kappa shape index (κ1) is 15.1. The van der Waals surface area contributed by atoms with Crippen LogP contribution in [0.2, 0.25) is 0 Å². The molecule has 21 heavy (non-hydrogen) atoms. The smallest absolute Gasteiger partial charge is 0.335 e. The molecule has 0 bridgehead atoms. The van der Waals surface area contributed by atoms with E-state index >= 15 is 0 Å². The van der Waals surface area contributed by atoms with E-state index in [2.05, 4.69) is 4.72 Å². The second kappa shape index (κ2) is 5.61. The van der Waals surface area contributed by atoms with Crippen LogP contribution >= 0.6 is 0 Å². The number of allylic oxidation sites excluding steroid dienone is 4. The zero-order valence-electron chi connectivity index (χ0n) is 11.3. The molecule has 1 aliphatic rings. The first-order valence-electron chi connectivity index (χ1n) is 6.23. The van der Waals surface area contributed by atoms with Gasteiger partial charge in [0.25, 0.3) is 10.0 Å². The Morgan fingerprint density at radius 3 is 2.57 bits per heavy atom. The minimum atomic E-state index is -3.74. The Hall–Kier alpha value is -2.28. The number of hydrogen-bond donors (Lipinski definition) is 2. The van der Waals surface area contributed by atoms with Gasteiger partial charge in [-0.25, -0.2) is 13.2 Å². The van der Waals surface area contributed by atoms with Crippen molar-refractivity contribution in [2.24, 2.45) is 0 Å². The Kier molecular flexibility index (Phi) is 4.04. The maximum atomic E-state index is 12.2. The molecule has 1 aromatic carbocycles. The SMILES string of the molecule is CC1=CC=C(S(=O)(=O)Nc2ccc([O-])c(C(=O)O)c2)CC1. The second-order valence-electron chi connectivity index (χ2n) is 4.77. The average molecular weight is 308 g/mol. The van der Waals surface area contributed by atoms with Crippen molar-refractivity contribution in [1.29, 1.82) is 0 Å². The Morgan fingerprint density at radius 2 is 2.00 bits per heavy atom. The fraction of sp³-hybridized carbons (Fsp3) is 0.214. The normalized spacial score (nSPS) is 15.1. The summed E-state index contributed by atoms with van der Waals surface area (Å²) >= 11 is 0. The lowest BCUT2D eigenvalue weighted by atomic mass is 10.1. The third-order valence-electron chi connectivity index (χ3n) is 3.13. The van der Waals surface area contributed by atoms with Crippen LogP contribution in [0.3, 0.4) is 0 Å². The van der Waals surface area contributed by atoms with Crippen LogP contribution in [0.4, 0.5) is 5.69 Å². The molecule has 0 spiro atoms. The number of hydrogen-bond acceptors (Lipinski definition) is 4. The Bertz CT molecular complexity index is 747. The van der Waals surface area contributed by atoms with Gasteiger partial charge >= 0.3 is 5.97 Å². The quantitative estimate of drug-likeness (QED) is 0.882. The minimum absolute atomic E-state index is 0.0548. The molecule has 6 nitrogen and oxygen atoms in total. The van der Waals surface area contributed by atoms with Gasteiger partial charge in [-0.1, -0.05) is 23.5 Å². The molecule has 112 valence electrons. The van der Waals surface area contributed by atoms with E-state index < -0.39 is 27.3 Å². The summed E-state index contributed by atoms with van der Waals surface area (Å²) in [4.78, 5) is 11.1. The standard InChI is InChI=1S/C14H15NO5S/c1-9-2-5-11(6-3-9)21(19,20)15-10-4-7-13(16)12(8-10)14(17)18/h2,4-5,7-8,15-16H,3,6H2,1H3,(H,17,18)/p-1. The molecule has 0 fully saturated rings. The highest BCUT2D eigenvalue weighted by atomic mass is 32.2. The summed E-state index contributed by atoms with van der Waals surface area (Å²) in [5.74, 6) is -2.06. The van der Waals surface area contributed by atoms with Crippen molar-refractivity contribution in [3.8, 4) is 5.75 Å². The number of nitrogens with one attached hydrogen (secondary N) is 1. The van der Waals surface area contributed by atoms with Crippen LogP contribution in [0.5, 0.6) is 5.75 Å². The molecular weight excluding hydrogens is 294 g/mol. The molecule has 0 amide bonds. The van der Waals surface area contributed by atoms with E-state index in [1.807, 2.05) is 6.92 Å². The molecular formula is C14H14NO5S-. The van der Waals surface area contributed by atoms with Gasteiger partial charge in [-0.15, -0.1) is 0 Å². The maximum absolute atomic E-state index is 12.2. The Morgan fingerprint density at radius 1 is 1.29 bits per heavy atom. The van der Waals surface area contributed by atoms with E-state index in [1.165, 1.54) is 12.1 Å². The van der Waals surface area contributed by atoms with Crippen LogP contribution in [0.1, 0.15) is 30.1 Å². The lowest BCUT2D eigenvalue weighted by Gasteiger charge is -2.16. The fourth-order valence-corrected chi connectivity index (χ4v) is 3.11. The first-order chi connectivity index (χ1) is 9.79. The number of benzene rings is 1. The van der Waals surface area contributed by atoms with E-state index in [-0.39, 0.29) is 10.6 Å². The molecule has 0 saturated carbocycles. The van der Waals surface area contributed by atoms with Crippen LogP contribution < -0.4 is 9.83 Å². The molecule has 0 aliphatic heterocycles. The lowest BCUT2D eigenvalue weighted by Crippen LogP contribution is -2.17. The summed E-state index contributed by atoms with van der Waals surface area (Å²) in [7, 11) is -3.74. The molecule has 0 heterocycles. The largest absolute Gasteiger partial charge is 0.872 e. The van der Waals surface area contributed by atoms with E-state index in [1.54, 1.807) is 6.08 Å². The van der Waals surface area contributed by atoms with Crippen molar-refractivity contribution in [3.63, 3.8) is 0 Å². The number of anilines is 1. The molecule has 1 aromatic rings. The number of rotatable bonds is 4. The number of carboxylic acid groups (broad SMARTS) is 1. The third-order valence-corrected chi connectivity index (χ3v) is 4.66. The summed E-state index contributed by atoms with van der Waals surface area (Å²) in [5.41, 5.74) is 0.681. The van der Waals surface area contributed by atoms with Crippen molar-refractivity contribution in [1.82, 2.24) is 0 Å². The van der Waals surface area contributed by atoms with Crippen LogP contribution in [0.15, 0.2) is 40.8 Å². The van der Waals surface area contributed by atoms with Crippen molar-refractivity contribution >= 4 is 21.7 Å². The van der Waals surface area contributed by atoms with E-state index in [0.717, 1.165) is 17.7 Å². The molecule has 2 N–H and O–H groups in total.